The summed E-state index contributed by atoms with van der Waals surface area (Å²) in [5.41, 5.74) is -0.498. The van der Waals surface area contributed by atoms with E-state index >= 15 is 0 Å². The van der Waals surface area contributed by atoms with Crippen LogP contribution in [0.5, 0.6) is 5.75 Å². The highest BCUT2D eigenvalue weighted by atomic mass is 16.7. The molecular formula is C12H15NO8. The number of nitro benzene ring substituents is 1. The van der Waals surface area contributed by atoms with Crippen molar-refractivity contribution >= 4 is 5.69 Å². The maximum Gasteiger partial charge on any atom is 0.273 e. The molecule has 1 aromatic carbocycles. The number of benzene rings is 1. The molecular weight excluding hydrogens is 286 g/mol. The molecule has 2 rings (SSSR count). The number of hydrogen-bond acceptors (Lipinski definition) is 8. The van der Waals surface area contributed by atoms with E-state index in [-0.39, 0.29) is 5.75 Å². The maximum atomic E-state index is 10.8. The van der Waals surface area contributed by atoms with Crippen molar-refractivity contribution in [1.82, 2.24) is 0 Å². The fraction of sp³-hybridized carbons (Fsp3) is 0.500. The number of nitrogens with zero attached hydrogens (tertiary/aromatic N) is 1. The third kappa shape index (κ3) is 3.28. The van der Waals surface area contributed by atoms with Crippen LogP contribution in [0.25, 0.3) is 0 Å². The van der Waals surface area contributed by atoms with Crippen LogP contribution >= 0.6 is 0 Å². The number of rotatable bonds is 4. The van der Waals surface area contributed by atoms with Crippen LogP contribution in [0.2, 0.25) is 0 Å². The van der Waals surface area contributed by atoms with Crippen molar-refractivity contribution in [2.75, 3.05) is 6.61 Å². The maximum absolute atomic E-state index is 10.8. The van der Waals surface area contributed by atoms with E-state index in [0.29, 0.717) is 0 Å². The number of aliphatic hydroxyl groups is 4. The molecule has 1 fully saturated rings. The standard InChI is InChI=1S/C12H15NO8/c14-5-8-9(15)10(16)11(17)12(21-8)20-7-3-1-2-6(4-7)13(18)19/h1-4,8-12,14-17H,5H2/t8-,9+,10+,11-,12?/m1/s1/i4D. The molecule has 9 nitrogen and oxygen atoms in total. The molecule has 1 aliphatic heterocycles. The first kappa shape index (κ1) is 14.2. The molecule has 0 aliphatic carbocycles. The fourth-order valence-electron chi connectivity index (χ4n) is 1.90. The Morgan fingerprint density at radius 3 is 2.67 bits per heavy atom. The second-order valence-electron chi connectivity index (χ2n) is 4.47. The van der Waals surface area contributed by atoms with Crippen LogP contribution in [-0.4, -0.2) is 62.7 Å². The van der Waals surface area contributed by atoms with Crippen molar-refractivity contribution < 1.29 is 36.2 Å². The number of aliphatic hydroxyl groups excluding tert-OH is 4. The van der Waals surface area contributed by atoms with E-state index in [1.54, 1.807) is 0 Å². The van der Waals surface area contributed by atoms with Gasteiger partial charge in [0, 0.05) is 6.07 Å². The first-order valence-electron chi connectivity index (χ1n) is 6.58. The van der Waals surface area contributed by atoms with Gasteiger partial charge in [0.1, 0.15) is 30.2 Å². The third-order valence-corrected chi connectivity index (χ3v) is 3.04. The Kier molecular flexibility index (Phi) is 4.27. The van der Waals surface area contributed by atoms with E-state index in [4.69, 9.17) is 16.0 Å². The van der Waals surface area contributed by atoms with Crippen molar-refractivity contribution in [3.05, 3.63) is 34.4 Å². The predicted molar refractivity (Wildman–Crippen MR) is 67.5 cm³/mol. The minimum absolute atomic E-state index is 0.237. The minimum atomic E-state index is -1.66. The molecule has 0 amide bonds. The Balaban J connectivity index is 2.23. The number of ether oxygens (including phenoxy) is 2. The Bertz CT molecular complexity index is 554. The summed E-state index contributed by atoms with van der Waals surface area (Å²) >= 11 is 0. The van der Waals surface area contributed by atoms with Crippen LogP contribution in [0.15, 0.2) is 24.2 Å². The molecule has 21 heavy (non-hydrogen) atoms. The van der Waals surface area contributed by atoms with Crippen LogP contribution in [0.3, 0.4) is 0 Å². The van der Waals surface area contributed by atoms with Crippen LogP contribution in [0.4, 0.5) is 5.69 Å². The van der Waals surface area contributed by atoms with Gasteiger partial charge in [-0.25, -0.2) is 0 Å². The smallest absolute Gasteiger partial charge is 0.273 e. The van der Waals surface area contributed by atoms with Crippen LogP contribution in [-0.2, 0) is 4.74 Å². The molecule has 1 aromatic rings. The van der Waals surface area contributed by atoms with Crippen LogP contribution in [0.1, 0.15) is 1.37 Å². The molecule has 9 heteroatoms. The Labute approximate surface area is 120 Å². The normalized spacial score (nSPS) is 33.3. The molecule has 1 aliphatic rings. The van der Waals surface area contributed by atoms with E-state index in [0.717, 1.165) is 6.07 Å². The quantitative estimate of drug-likeness (QED) is 0.400. The summed E-state index contributed by atoms with van der Waals surface area (Å²) in [5, 5.41) is 48.9. The van der Waals surface area contributed by atoms with E-state index < -0.39 is 54.0 Å². The summed E-state index contributed by atoms with van der Waals surface area (Å²) in [5.74, 6) is -0.237. The highest BCUT2D eigenvalue weighted by molar-refractivity contribution is 5.38. The second-order valence-corrected chi connectivity index (χ2v) is 4.47. The lowest BCUT2D eigenvalue weighted by atomic mass is 9.99. The summed E-state index contributed by atoms with van der Waals surface area (Å²) in [6, 6.07) is 3.14. The highest BCUT2D eigenvalue weighted by Gasteiger charge is 2.44. The van der Waals surface area contributed by atoms with Crippen LogP contribution < -0.4 is 4.74 Å². The van der Waals surface area contributed by atoms with E-state index in [9.17, 15) is 25.4 Å². The van der Waals surface area contributed by atoms with Crippen LogP contribution in [0, 0.1) is 10.1 Å². The van der Waals surface area contributed by atoms with Gasteiger partial charge in [0.05, 0.1) is 18.9 Å². The molecule has 1 saturated heterocycles. The van der Waals surface area contributed by atoms with Gasteiger partial charge >= 0.3 is 0 Å². The summed E-state index contributed by atoms with van der Waals surface area (Å²) in [6.07, 6.45) is -7.50. The van der Waals surface area contributed by atoms with Crippen molar-refractivity contribution in [3.63, 3.8) is 0 Å². The van der Waals surface area contributed by atoms with E-state index in [1.165, 1.54) is 12.1 Å². The largest absolute Gasteiger partial charge is 0.462 e. The molecule has 1 heterocycles. The lowest BCUT2D eigenvalue weighted by molar-refractivity contribution is -0.385. The van der Waals surface area contributed by atoms with Crippen molar-refractivity contribution in [2.24, 2.45) is 0 Å². The lowest BCUT2D eigenvalue weighted by Gasteiger charge is -2.39. The van der Waals surface area contributed by atoms with E-state index in [2.05, 4.69) is 0 Å². The van der Waals surface area contributed by atoms with Gasteiger partial charge in [-0.05, 0) is 6.07 Å². The van der Waals surface area contributed by atoms with Gasteiger partial charge < -0.3 is 29.9 Å². The molecule has 4 N–H and O–H groups in total. The molecule has 116 valence electrons. The topological polar surface area (TPSA) is 143 Å². The molecule has 0 saturated carbocycles. The van der Waals surface area contributed by atoms with Gasteiger partial charge in [0.15, 0.2) is 0 Å². The molecule has 1 unspecified atom stereocenters. The molecule has 5 atom stereocenters. The van der Waals surface area contributed by atoms with Gasteiger partial charge in [0.25, 0.3) is 5.69 Å². The van der Waals surface area contributed by atoms with Gasteiger partial charge in [-0.1, -0.05) is 6.07 Å². The fourth-order valence-corrected chi connectivity index (χ4v) is 1.90. The minimum Gasteiger partial charge on any atom is -0.462 e. The van der Waals surface area contributed by atoms with Crippen molar-refractivity contribution in [1.29, 1.82) is 0 Å². The van der Waals surface area contributed by atoms with Crippen molar-refractivity contribution in [3.8, 4) is 5.75 Å². The third-order valence-electron chi connectivity index (χ3n) is 3.04. The zero-order valence-corrected chi connectivity index (χ0v) is 10.7. The first-order valence-corrected chi connectivity index (χ1v) is 6.08. The molecule has 0 aromatic heterocycles. The van der Waals surface area contributed by atoms with Gasteiger partial charge in [0.2, 0.25) is 6.29 Å². The summed E-state index contributed by atoms with van der Waals surface area (Å²) < 4.78 is 18.0. The summed E-state index contributed by atoms with van der Waals surface area (Å²) in [4.78, 5) is 10.0. The number of nitro groups is 1. The average molecular weight is 302 g/mol. The highest BCUT2D eigenvalue weighted by Crippen LogP contribution is 2.26. The van der Waals surface area contributed by atoms with Gasteiger partial charge in [-0.15, -0.1) is 0 Å². The van der Waals surface area contributed by atoms with E-state index in [1.807, 2.05) is 0 Å². The second kappa shape index (κ2) is 6.33. The van der Waals surface area contributed by atoms with Gasteiger partial charge in [-0.2, -0.15) is 0 Å². The van der Waals surface area contributed by atoms with Crippen molar-refractivity contribution in [2.45, 2.75) is 30.7 Å². The Morgan fingerprint density at radius 2 is 2.05 bits per heavy atom. The zero-order chi connectivity index (χ0) is 16.4. The Morgan fingerprint density at radius 1 is 1.33 bits per heavy atom. The number of hydrogen-bond donors (Lipinski definition) is 4. The SMILES string of the molecule is [2H]c1c(OC2O[C@H](CO)[C@H](O)[C@H](O)[C@H]2O)cccc1[N+](=O)[O-]. The monoisotopic (exact) mass is 302 g/mol. The summed E-state index contributed by atoms with van der Waals surface area (Å²) in [6.45, 7) is -0.631. The first-order chi connectivity index (χ1) is 10.4. The summed E-state index contributed by atoms with van der Waals surface area (Å²) in [7, 11) is 0. The predicted octanol–water partition coefficient (Wildman–Crippen LogP) is -1.23. The van der Waals surface area contributed by atoms with Gasteiger partial charge in [-0.3, -0.25) is 10.1 Å². The Hall–Kier alpha value is -1.78. The lowest BCUT2D eigenvalue weighted by Crippen LogP contribution is -2.60. The zero-order valence-electron chi connectivity index (χ0n) is 11.7. The molecule has 0 bridgehead atoms. The molecule has 0 radical (unpaired) electrons. The molecule has 0 spiro atoms. The average Bonchev–Trinajstić information content (AvgIpc) is 2.49.